The van der Waals surface area contributed by atoms with Crippen LogP contribution in [0.15, 0.2) is 29.2 Å². The minimum absolute atomic E-state index is 0.123. The molecule has 0 aliphatic carbocycles. The van der Waals surface area contributed by atoms with Crippen molar-refractivity contribution >= 4 is 15.7 Å². The van der Waals surface area contributed by atoms with Crippen molar-refractivity contribution in [2.75, 3.05) is 25.9 Å². The second kappa shape index (κ2) is 7.37. The van der Waals surface area contributed by atoms with E-state index in [-0.39, 0.29) is 10.8 Å². The first-order valence-electron chi connectivity index (χ1n) is 6.28. The van der Waals surface area contributed by atoms with Gasteiger partial charge < -0.3 is 15.7 Å². The number of carbonyl (C=O) groups is 1. The van der Waals surface area contributed by atoms with Gasteiger partial charge in [-0.05, 0) is 25.1 Å². The molecule has 0 radical (unpaired) electrons. The number of carbonyl (C=O) groups excluding carboxylic acids is 1. The van der Waals surface area contributed by atoms with Crippen LogP contribution in [-0.2, 0) is 9.84 Å². The number of benzene rings is 1. The van der Waals surface area contributed by atoms with Crippen LogP contribution in [0.3, 0.4) is 0 Å². The number of rotatable bonds is 7. The monoisotopic (exact) mass is 300 g/mol. The molecule has 7 heteroatoms. The van der Waals surface area contributed by atoms with Crippen molar-refractivity contribution in [1.82, 2.24) is 10.6 Å². The lowest BCUT2D eigenvalue weighted by atomic mass is 10.2. The molecular formula is C13H20N2O4S. The zero-order valence-electron chi connectivity index (χ0n) is 11.6. The summed E-state index contributed by atoms with van der Waals surface area (Å²) in [5.41, 5.74) is 0.309. The third-order valence-corrected chi connectivity index (χ3v) is 3.66. The molecule has 6 nitrogen and oxygen atoms in total. The van der Waals surface area contributed by atoms with Gasteiger partial charge in [-0.25, -0.2) is 8.42 Å². The summed E-state index contributed by atoms with van der Waals surface area (Å²) in [6, 6.07) is 5.91. The van der Waals surface area contributed by atoms with Gasteiger partial charge in [-0.3, -0.25) is 4.79 Å². The molecule has 0 saturated carbocycles. The molecule has 112 valence electrons. The quantitative estimate of drug-likeness (QED) is 0.606. The molecule has 1 aromatic carbocycles. The number of amides is 1. The van der Waals surface area contributed by atoms with Gasteiger partial charge in [-0.2, -0.15) is 0 Å². The fourth-order valence-corrected chi connectivity index (χ4v) is 2.21. The Labute approximate surface area is 119 Å². The van der Waals surface area contributed by atoms with Crippen LogP contribution in [0.2, 0.25) is 0 Å². The zero-order chi connectivity index (χ0) is 15.2. The van der Waals surface area contributed by atoms with E-state index in [4.69, 9.17) is 5.11 Å². The fourth-order valence-electron chi connectivity index (χ4n) is 1.55. The second-order valence-electron chi connectivity index (χ2n) is 4.61. The molecule has 1 unspecified atom stereocenters. The molecule has 0 aliphatic heterocycles. The first-order valence-corrected chi connectivity index (χ1v) is 8.17. The van der Waals surface area contributed by atoms with E-state index in [0.717, 1.165) is 6.26 Å². The number of aliphatic hydroxyl groups excluding tert-OH is 1. The minimum Gasteiger partial charge on any atom is -0.392 e. The van der Waals surface area contributed by atoms with Crippen LogP contribution in [0.25, 0.3) is 0 Å². The van der Waals surface area contributed by atoms with Crippen molar-refractivity contribution in [3.63, 3.8) is 0 Å². The summed E-state index contributed by atoms with van der Waals surface area (Å²) in [7, 11) is -3.32. The Morgan fingerprint density at radius 1 is 1.35 bits per heavy atom. The Hall–Kier alpha value is -1.44. The highest BCUT2D eigenvalue weighted by atomic mass is 32.2. The van der Waals surface area contributed by atoms with E-state index in [1.807, 2.05) is 0 Å². The zero-order valence-corrected chi connectivity index (χ0v) is 12.4. The largest absolute Gasteiger partial charge is 0.392 e. The molecule has 0 heterocycles. The molecule has 20 heavy (non-hydrogen) atoms. The maximum Gasteiger partial charge on any atom is 0.251 e. The molecule has 3 N–H and O–H groups in total. The van der Waals surface area contributed by atoms with Crippen molar-refractivity contribution in [1.29, 1.82) is 0 Å². The summed E-state index contributed by atoms with van der Waals surface area (Å²) in [4.78, 5) is 12.0. The van der Waals surface area contributed by atoms with Gasteiger partial charge in [0.05, 0.1) is 11.0 Å². The Bertz CT molecular complexity index is 555. The highest BCUT2D eigenvalue weighted by Crippen LogP contribution is 2.11. The van der Waals surface area contributed by atoms with Crippen LogP contribution in [0.5, 0.6) is 0 Å². The smallest absolute Gasteiger partial charge is 0.251 e. The van der Waals surface area contributed by atoms with E-state index in [2.05, 4.69) is 10.6 Å². The molecule has 1 aromatic rings. The minimum atomic E-state index is -3.32. The van der Waals surface area contributed by atoms with Gasteiger partial charge in [0.1, 0.15) is 0 Å². The number of aliphatic hydroxyl groups is 1. The van der Waals surface area contributed by atoms with Crippen LogP contribution in [0, 0.1) is 0 Å². The second-order valence-corrected chi connectivity index (χ2v) is 6.62. The van der Waals surface area contributed by atoms with Crippen molar-refractivity contribution in [2.24, 2.45) is 0 Å². The van der Waals surface area contributed by atoms with Gasteiger partial charge in [0.25, 0.3) is 5.91 Å². The van der Waals surface area contributed by atoms with Crippen LogP contribution in [0.1, 0.15) is 17.3 Å². The Kier molecular flexibility index (Phi) is 6.12. The van der Waals surface area contributed by atoms with E-state index in [9.17, 15) is 13.2 Å². The normalized spacial score (nSPS) is 12.9. The van der Waals surface area contributed by atoms with Gasteiger partial charge in [-0.15, -0.1) is 0 Å². The van der Waals surface area contributed by atoms with Gasteiger partial charge in [0.15, 0.2) is 9.84 Å². The number of hydrogen-bond donors (Lipinski definition) is 3. The predicted octanol–water partition coefficient (Wildman–Crippen LogP) is -0.210. The number of hydrogen-bond acceptors (Lipinski definition) is 5. The standard InChI is InChI=1S/C13H20N2O4S/c1-10(16)9-14-6-7-15-13(17)11-4-3-5-12(8-11)20(2,18)19/h3-5,8,10,14,16H,6-7,9H2,1-2H3,(H,15,17). The van der Waals surface area contributed by atoms with Crippen LogP contribution >= 0.6 is 0 Å². The van der Waals surface area contributed by atoms with Crippen molar-refractivity contribution in [2.45, 2.75) is 17.9 Å². The molecule has 0 aliphatic rings. The van der Waals surface area contributed by atoms with Crippen molar-refractivity contribution in [3.05, 3.63) is 29.8 Å². The van der Waals surface area contributed by atoms with Gasteiger partial charge in [-0.1, -0.05) is 6.07 Å². The molecule has 0 bridgehead atoms. The fraction of sp³-hybridized carbons (Fsp3) is 0.462. The summed E-state index contributed by atoms with van der Waals surface area (Å²) in [6.07, 6.45) is 0.668. The molecule has 0 saturated heterocycles. The highest BCUT2D eigenvalue weighted by Gasteiger charge is 2.11. The lowest BCUT2D eigenvalue weighted by Crippen LogP contribution is -2.34. The maximum atomic E-state index is 11.8. The third kappa shape index (κ3) is 5.68. The summed E-state index contributed by atoms with van der Waals surface area (Å²) < 4.78 is 22.8. The SMILES string of the molecule is CC(O)CNCCNC(=O)c1cccc(S(C)(=O)=O)c1. The third-order valence-electron chi connectivity index (χ3n) is 2.55. The molecule has 1 atom stereocenters. The Morgan fingerprint density at radius 2 is 2.05 bits per heavy atom. The van der Waals surface area contributed by atoms with Gasteiger partial charge >= 0.3 is 0 Å². The molecule has 0 fully saturated rings. The van der Waals surface area contributed by atoms with E-state index in [1.54, 1.807) is 13.0 Å². The van der Waals surface area contributed by atoms with Crippen molar-refractivity contribution < 1.29 is 18.3 Å². The average molecular weight is 300 g/mol. The number of nitrogens with one attached hydrogen (secondary N) is 2. The van der Waals surface area contributed by atoms with E-state index >= 15 is 0 Å². The van der Waals surface area contributed by atoms with Gasteiger partial charge in [0.2, 0.25) is 0 Å². The van der Waals surface area contributed by atoms with Crippen molar-refractivity contribution in [3.8, 4) is 0 Å². The highest BCUT2D eigenvalue weighted by molar-refractivity contribution is 7.90. The molecule has 1 rings (SSSR count). The summed E-state index contributed by atoms with van der Waals surface area (Å²) >= 11 is 0. The summed E-state index contributed by atoms with van der Waals surface area (Å²) in [6.45, 7) is 3.05. The lowest BCUT2D eigenvalue weighted by Gasteiger charge is -2.08. The topological polar surface area (TPSA) is 95.5 Å². The van der Waals surface area contributed by atoms with E-state index < -0.39 is 15.9 Å². The van der Waals surface area contributed by atoms with Crippen LogP contribution < -0.4 is 10.6 Å². The molecule has 1 amide bonds. The lowest BCUT2D eigenvalue weighted by molar-refractivity contribution is 0.0953. The Balaban J connectivity index is 2.52. The van der Waals surface area contributed by atoms with Crippen LogP contribution in [0.4, 0.5) is 0 Å². The predicted molar refractivity (Wildman–Crippen MR) is 76.4 cm³/mol. The first-order chi connectivity index (χ1) is 9.30. The number of sulfone groups is 1. The Morgan fingerprint density at radius 3 is 2.65 bits per heavy atom. The molecular weight excluding hydrogens is 280 g/mol. The molecule has 0 aromatic heterocycles. The summed E-state index contributed by atoms with van der Waals surface area (Å²) in [5.74, 6) is -0.325. The van der Waals surface area contributed by atoms with E-state index in [0.29, 0.717) is 25.2 Å². The molecule has 0 spiro atoms. The summed E-state index contributed by atoms with van der Waals surface area (Å²) in [5, 5.41) is 14.7. The maximum absolute atomic E-state index is 11.8. The van der Waals surface area contributed by atoms with Crippen LogP contribution in [-0.4, -0.2) is 51.4 Å². The average Bonchev–Trinajstić information content (AvgIpc) is 2.37. The van der Waals surface area contributed by atoms with Gasteiger partial charge in [0, 0.05) is 31.5 Å². The first kappa shape index (κ1) is 16.6. The van der Waals surface area contributed by atoms with E-state index in [1.165, 1.54) is 18.2 Å².